The number of nitrogens with one attached hydrogen (secondary N) is 1. The largest absolute Gasteiger partial charge is 0.491 e. The van der Waals surface area contributed by atoms with Gasteiger partial charge in [-0.3, -0.25) is 0 Å². The van der Waals surface area contributed by atoms with E-state index in [1.54, 1.807) is 31.2 Å². The van der Waals surface area contributed by atoms with Crippen molar-refractivity contribution in [3.05, 3.63) is 58.9 Å². The standard InChI is InChI=1S/C17H19ClFNO4S/c1-2-24-17-7-6-14(11-15(17)19)25(22,23)20-9-8-16(21)12-4-3-5-13(18)10-12/h3-7,10-11,16,20-21H,2,8-9H2,1H3/t16-/m1/s1. The summed E-state index contributed by atoms with van der Waals surface area (Å²) in [5.41, 5.74) is 0.596. The van der Waals surface area contributed by atoms with Crippen molar-refractivity contribution >= 4 is 21.6 Å². The number of aliphatic hydroxyl groups is 1. The maximum atomic E-state index is 13.8. The minimum atomic E-state index is -3.88. The normalized spacial score (nSPS) is 12.8. The van der Waals surface area contributed by atoms with Crippen molar-refractivity contribution in [1.29, 1.82) is 0 Å². The molecular weight excluding hydrogens is 369 g/mol. The second-order valence-electron chi connectivity index (χ2n) is 5.28. The van der Waals surface area contributed by atoms with Crippen molar-refractivity contribution in [3.63, 3.8) is 0 Å². The lowest BCUT2D eigenvalue weighted by Crippen LogP contribution is -2.26. The fourth-order valence-corrected chi connectivity index (χ4v) is 3.47. The molecule has 25 heavy (non-hydrogen) atoms. The third kappa shape index (κ3) is 5.40. The summed E-state index contributed by atoms with van der Waals surface area (Å²) < 4.78 is 45.6. The molecule has 136 valence electrons. The number of hydrogen-bond acceptors (Lipinski definition) is 4. The SMILES string of the molecule is CCOc1ccc(S(=O)(=O)NCC[C@@H](O)c2cccc(Cl)c2)cc1F. The van der Waals surface area contributed by atoms with Crippen molar-refractivity contribution in [2.24, 2.45) is 0 Å². The number of rotatable bonds is 8. The summed E-state index contributed by atoms with van der Waals surface area (Å²) >= 11 is 5.86. The van der Waals surface area contributed by atoms with E-state index in [4.69, 9.17) is 16.3 Å². The van der Waals surface area contributed by atoms with Crippen LogP contribution >= 0.6 is 11.6 Å². The van der Waals surface area contributed by atoms with Crippen LogP contribution in [-0.4, -0.2) is 26.7 Å². The Morgan fingerprint density at radius 1 is 1.28 bits per heavy atom. The molecule has 0 amide bonds. The van der Waals surface area contributed by atoms with Crippen molar-refractivity contribution < 1.29 is 22.7 Å². The molecular formula is C17H19ClFNO4S. The Morgan fingerprint density at radius 3 is 2.68 bits per heavy atom. The van der Waals surface area contributed by atoms with Crippen molar-refractivity contribution in [1.82, 2.24) is 4.72 Å². The molecule has 0 bridgehead atoms. The summed E-state index contributed by atoms with van der Waals surface area (Å²) in [6.07, 6.45) is -0.711. The van der Waals surface area contributed by atoms with E-state index in [1.165, 1.54) is 12.1 Å². The molecule has 5 nitrogen and oxygen atoms in total. The van der Waals surface area contributed by atoms with Crippen LogP contribution in [0.2, 0.25) is 5.02 Å². The molecule has 0 aliphatic rings. The van der Waals surface area contributed by atoms with Gasteiger partial charge >= 0.3 is 0 Å². The topological polar surface area (TPSA) is 75.6 Å². The smallest absolute Gasteiger partial charge is 0.240 e. The van der Waals surface area contributed by atoms with Crippen molar-refractivity contribution in [2.75, 3.05) is 13.2 Å². The Hall–Kier alpha value is -1.67. The fourth-order valence-electron chi connectivity index (χ4n) is 2.22. The fraction of sp³-hybridized carbons (Fsp3) is 0.294. The van der Waals surface area contributed by atoms with Gasteiger partial charge in [0.05, 0.1) is 17.6 Å². The summed E-state index contributed by atoms with van der Waals surface area (Å²) in [6, 6.07) is 10.1. The molecule has 1 atom stereocenters. The van der Waals surface area contributed by atoms with E-state index in [1.807, 2.05) is 0 Å². The molecule has 2 N–H and O–H groups in total. The Morgan fingerprint density at radius 2 is 2.04 bits per heavy atom. The highest BCUT2D eigenvalue weighted by Gasteiger charge is 2.17. The number of halogens is 2. The maximum absolute atomic E-state index is 13.8. The van der Waals surface area contributed by atoms with Crippen LogP contribution in [0.15, 0.2) is 47.4 Å². The highest BCUT2D eigenvalue weighted by atomic mass is 35.5. The van der Waals surface area contributed by atoms with Gasteiger partial charge in [-0.15, -0.1) is 0 Å². The van der Waals surface area contributed by atoms with Crippen molar-refractivity contribution in [3.8, 4) is 5.75 Å². The first kappa shape index (κ1) is 19.7. The van der Waals surface area contributed by atoms with E-state index < -0.39 is 21.9 Å². The van der Waals surface area contributed by atoms with Gasteiger partial charge in [0.1, 0.15) is 0 Å². The summed E-state index contributed by atoms with van der Waals surface area (Å²) in [5, 5.41) is 10.6. The van der Waals surface area contributed by atoms with Crippen LogP contribution in [0.4, 0.5) is 4.39 Å². The Balaban J connectivity index is 1.98. The Bertz CT molecular complexity index is 829. The maximum Gasteiger partial charge on any atom is 0.240 e. The Kier molecular flexibility index (Phi) is 6.78. The van der Waals surface area contributed by atoms with E-state index in [0.717, 1.165) is 6.07 Å². The summed E-state index contributed by atoms with van der Waals surface area (Å²) in [4.78, 5) is -0.203. The molecule has 0 aliphatic heterocycles. The lowest BCUT2D eigenvalue weighted by atomic mass is 10.1. The lowest BCUT2D eigenvalue weighted by Gasteiger charge is -2.13. The zero-order valence-corrected chi connectivity index (χ0v) is 15.1. The minimum Gasteiger partial charge on any atom is -0.491 e. The van der Waals surface area contributed by atoms with Gasteiger partial charge in [-0.2, -0.15) is 0 Å². The van der Waals surface area contributed by atoms with Gasteiger partial charge in [-0.25, -0.2) is 17.5 Å². The van der Waals surface area contributed by atoms with Crippen LogP contribution in [0, 0.1) is 5.82 Å². The molecule has 2 rings (SSSR count). The Labute approximate surface area is 151 Å². The number of sulfonamides is 1. The van der Waals surface area contributed by atoms with Crippen LogP contribution in [0.3, 0.4) is 0 Å². The van der Waals surface area contributed by atoms with Gasteiger partial charge in [0.2, 0.25) is 10.0 Å². The highest BCUT2D eigenvalue weighted by Crippen LogP contribution is 2.22. The second-order valence-corrected chi connectivity index (χ2v) is 7.49. The van der Waals surface area contributed by atoms with Crippen LogP contribution in [-0.2, 0) is 10.0 Å². The van der Waals surface area contributed by atoms with Crippen LogP contribution < -0.4 is 9.46 Å². The molecule has 0 unspecified atom stereocenters. The van der Waals surface area contributed by atoms with Gasteiger partial charge in [-0.05, 0) is 49.2 Å². The molecule has 0 saturated heterocycles. The first-order chi connectivity index (χ1) is 11.8. The first-order valence-electron chi connectivity index (χ1n) is 7.69. The molecule has 0 aliphatic carbocycles. The quantitative estimate of drug-likeness (QED) is 0.728. The molecule has 2 aromatic carbocycles. The van der Waals surface area contributed by atoms with E-state index in [0.29, 0.717) is 10.6 Å². The third-order valence-electron chi connectivity index (χ3n) is 3.46. The number of aliphatic hydroxyl groups excluding tert-OH is 1. The highest BCUT2D eigenvalue weighted by molar-refractivity contribution is 7.89. The molecule has 8 heteroatoms. The monoisotopic (exact) mass is 387 g/mol. The van der Waals surface area contributed by atoms with E-state index in [2.05, 4.69) is 4.72 Å². The zero-order valence-electron chi connectivity index (χ0n) is 13.6. The second kappa shape index (κ2) is 8.62. The van der Waals surface area contributed by atoms with Gasteiger partial charge in [0, 0.05) is 11.6 Å². The van der Waals surface area contributed by atoms with Gasteiger partial charge < -0.3 is 9.84 Å². The molecule has 0 fully saturated rings. The van der Waals surface area contributed by atoms with Crippen LogP contribution in [0.5, 0.6) is 5.75 Å². The van der Waals surface area contributed by atoms with E-state index in [9.17, 15) is 17.9 Å². The van der Waals surface area contributed by atoms with Crippen LogP contribution in [0.25, 0.3) is 0 Å². The van der Waals surface area contributed by atoms with Crippen LogP contribution in [0.1, 0.15) is 25.0 Å². The number of hydrogen-bond donors (Lipinski definition) is 2. The lowest BCUT2D eigenvalue weighted by molar-refractivity contribution is 0.169. The predicted octanol–water partition coefficient (Wildman–Crippen LogP) is 3.28. The third-order valence-corrected chi connectivity index (χ3v) is 5.15. The van der Waals surface area contributed by atoms with E-state index >= 15 is 0 Å². The molecule has 0 saturated carbocycles. The molecule has 0 heterocycles. The summed E-state index contributed by atoms with van der Waals surface area (Å²) in [7, 11) is -3.88. The molecule has 2 aromatic rings. The summed E-state index contributed by atoms with van der Waals surface area (Å²) in [5.74, 6) is -0.749. The van der Waals surface area contributed by atoms with E-state index in [-0.39, 0.29) is 30.2 Å². The minimum absolute atomic E-state index is 0.00201. The molecule has 0 spiro atoms. The number of ether oxygens (including phenoxy) is 1. The van der Waals surface area contributed by atoms with Gasteiger partial charge in [0.15, 0.2) is 11.6 Å². The first-order valence-corrected chi connectivity index (χ1v) is 9.55. The average molecular weight is 388 g/mol. The van der Waals surface area contributed by atoms with Crippen molar-refractivity contribution in [2.45, 2.75) is 24.3 Å². The predicted molar refractivity (Wildman–Crippen MR) is 93.8 cm³/mol. The molecule has 0 radical (unpaired) electrons. The molecule has 0 aromatic heterocycles. The van der Waals surface area contributed by atoms with Gasteiger partial charge in [0.25, 0.3) is 0 Å². The zero-order chi connectivity index (χ0) is 18.4. The summed E-state index contributed by atoms with van der Waals surface area (Å²) in [6.45, 7) is 1.98. The van der Waals surface area contributed by atoms with Gasteiger partial charge in [-0.1, -0.05) is 23.7 Å². The number of benzene rings is 2. The average Bonchev–Trinajstić information content (AvgIpc) is 2.56.